The molecule has 1 aliphatic rings. The molecule has 5 heteroatoms. The predicted molar refractivity (Wildman–Crippen MR) is 60.8 cm³/mol. The van der Waals surface area contributed by atoms with Crippen LogP contribution in [0.5, 0.6) is 5.88 Å². The zero-order chi connectivity index (χ0) is 11.5. The van der Waals surface area contributed by atoms with Gasteiger partial charge in [-0.3, -0.25) is 0 Å². The summed E-state index contributed by atoms with van der Waals surface area (Å²) in [5.41, 5.74) is 1.40. The first-order valence-corrected chi connectivity index (χ1v) is 5.82. The topological polar surface area (TPSA) is 57.4 Å². The number of hydrogen-bond donors (Lipinski definition) is 0. The standard InChI is InChI=1S/C12H14N2O3/c1-4-15-5-2-9(1)7-17-12-11-10(3-6-16-11)13-8-14-12/h3,6,8-9H,1-2,4-5,7H2. The Labute approximate surface area is 98.8 Å². The summed E-state index contributed by atoms with van der Waals surface area (Å²) in [6, 6.07) is 1.80. The molecule has 0 radical (unpaired) electrons. The molecule has 1 aliphatic heterocycles. The average molecular weight is 234 g/mol. The van der Waals surface area contributed by atoms with E-state index in [-0.39, 0.29) is 0 Å². The van der Waals surface area contributed by atoms with E-state index in [0.29, 0.717) is 24.0 Å². The van der Waals surface area contributed by atoms with Crippen LogP contribution in [0.15, 0.2) is 23.1 Å². The van der Waals surface area contributed by atoms with Gasteiger partial charge in [0.2, 0.25) is 5.58 Å². The first-order valence-electron chi connectivity index (χ1n) is 5.82. The van der Waals surface area contributed by atoms with Crippen molar-refractivity contribution < 1.29 is 13.9 Å². The molecule has 0 N–H and O–H groups in total. The monoisotopic (exact) mass is 234 g/mol. The zero-order valence-electron chi connectivity index (χ0n) is 9.46. The minimum absolute atomic E-state index is 0.534. The van der Waals surface area contributed by atoms with Gasteiger partial charge >= 0.3 is 0 Å². The summed E-state index contributed by atoms with van der Waals surface area (Å²) < 4.78 is 16.3. The van der Waals surface area contributed by atoms with Gasteiger partial charge in [0.1, 0.15) is 11.8 Å². The lowest BCUT2D eigenvalue weighted by molar-refractivity contribution is 0.0491. The Morgan fingerprint density at radius 3 is 3.06 bits per heavy atom. The summed E-state index contributed by atoms with van der Waals surface area (Å²) in [4.78, 5) is 8.20. The Morgan fingerprint density at radius 2 is 2.18 bits per heavy atom. The SMILES string of the molecule is c1nc(OCC2CCOCC2)c2occc2n1. The van der Waals surface area contributed by atoms with E-state index in [1.807, 2.05) is 0 Å². The summed E-state index contributed by atoms with van der Waals surface area (Å²) in [5, 5.41) is 0. The third-order valence-corrected chi connectivity index (χ3v) is 3.01. The van der Waals surface area contributed by atoms with Gasteiger partial charge in [0, 0.05) is 19.3 Å². The van der Waals surface area contributed by atoms with E-state index >= 15 is 0 Å². The molecule has 0 amide bonds. The Kier molecular flexibility index (Phi) is 2.92. The highest BCUT2D eigenvalue weighted by Crippen LogP contribution is 2.23. The molecule has 2 aromatic rings. The van der Waals surface area contributed by atoms with Gasteiger partial charge in [-0.2, -0.15) is 4.98 Å². The number of fused-ring (bicyclic) bond motifs is 1. The van der Waals surface area contributed by atoms with Crippen molar-refractivity contribution >= 4 is 11.1 Å². The van der Waals surface area contributed by atoms with Crippen molar-refractivity contribution in [1.82, 2.24) is 9.97 Å². The molecule has 3 heterocycles. The summed E-state index contributed by atoms with van der Waals surface area (Å²) >= 11 is 0. The maximum Gasteiger partial charge on any atom is 0.261 e. The zero-order valence-corrected chi connectivity index (χ0v) is 9.46. The maximum atomic E-state index is 5.72. The number of nitrogens with zero attached hydrogens (tertiary/aromatic N) is 2. The molecular formula is C12H14N2O3. The van der Waals surface area contributed by atoms with E-state index in [4.69, 9.17) is 13.9 Å². The first-order chi connectivity index (χ1) is 8.43. The van der Waals surface area contributed by atoms with Gasteiger partial charge < -0.3 is 13.9 Å². The van der Waals surface area contributed by atoms with Crippen LogP contribution in [-0.4, -0.2) is 29.8 Å². The molecule has 17 heavy (non-hydrogen) atoms. The Bertz CT molecular complexity index is 491. The van der Waals surface area contributed by atoms with Gasteiger partial charge in [0.15, 0.2) is 0 Å². The highest BCUT2D eigenvalue weighted by Gasteiger charge is 2.16. The van der Waals surface area contributed by atoms with E-state index in [9.17, 15) is 0 Å². The molecule has 0 atom stereocenters. The Balaban J connectivity index is 1.69. The molecule has 1 saturated heterocycles. The quantitative estimate of drug-likeness (QED) is 0.813. The highest BCUT2D eigenvalue weighted by molar-refractivity contribution is 5.76. The molecule has 2 aromatic heterocycles. The third kappa shape index (κ3) is 2.24. The van der Waals surface area contributed by atoms with Gasteiger partial charge in [-0.05, 0) is 18.8 Å². The maximum absolute atomic E-state index is 5.72. The Hall–Kier alpha value is -1.62. The lowest BCUT2D eigenvalue weighted by atomic mass is 10.0. The average Bonchev–Trinajstić information content (AvgIpc) is 2.86. The summed E-state index contributed by atoms with van der Waals surface area (Å²) in [5.74, 6) is 1.08. The van der Waals surface area contributed by atoms with Gasteiger partial charge in [-0.1, -0.05) is 0 Å². The van der Waals surface area contributed by atoms with Gasteiger partial charge in [0.25, 0.3) is 5.88 Å². The number of hydrogen-bond acceptors (Lipinski definition) is 5. The van der Waals surface area contributed by atoms with Gasteiger partial charge in [0.05, 0.1) is 12.9 Å². The number of aromatic nitrogens is 2. The predicted octanol–water partition coefficient (Wildman–Crippen LogP) is 2.03. The van der Waals surface area contributed by atoms with E-state index in [1.54, 1.807) is 12.3 Å². The second kappa shape index (κ2) is 4.71. The second-order valence-corrected chi connectivity index (χ2v) is 4.18. The third-order valence-electron chi connectivity index (χ3n) is 3.01. The smallest absolute Gasteiger partial charge is 0.261 e. The number of furan rings is 1. The fourth-order valence-electron chi connectivity index (χ4n) is 1.98. The summed E-state index contributed by atoms with van der Waals surface area (Å²) in [6.07, 6.45) is 5.19. The van der Waals surface area contributed by atoms with Crippen molar-refractivity contribution in [2.75, 3.05) is 19.8 Å². The largest absolute Gasteiger partial charge is 0.475 e. The number of ether oxygens (including phenoxy) is 2. The number of rotatable bonds is 3. The molecule has 0 aromatic carbocycles. The minimum atomic E-state index is 0.534. The van der Waals surface area contributed by atoms with Crippen LogP contribution in [0.25, 0.3) is 11.1 Å². The van der Waals surface area contributed by atoms with Crippen LogP contribution in [0.3, 0.4) is 0 Å². The minimum Gasteiger partial charge on any atom is -0.475 e. The molecule has 90 valence electrons. The van der Waals surface area contributed by atoms with Crippen LogP contribution in [0.1, 0.15) is 12.8 Å². The molecule has 0 unspecified atom stereocenters. The van der Waals surface area contributed by atoms with E-state index in [0.717, 1.165) is 31.6 Å². The van der Waals surface area contributed by atoms with Crippen LogP contribution in [0.2, 0.25) is 0 Å². The normalized spacial score (nSPS) is 17.4. The Morgan fingerprint density at radius 1 is 1.29 bits per heavy atom. The fraction of sp³-hybridized carbons (Fsp3) is 0.500. The van der Waals surface area contributed by atoms with Gasteiger partial charge in [-0.15, -0.1) is 0 Å². The molecule has 1 fully saturated rings. The lowest BCUT2D eigenvalue weighted by Crippen LogP contribution is -2.21. The lowest BCUT2D eigenvalue weighted by Gasteiger charge is -2.21. The molecule has 0 bridgehead atoms. The summed E-state index contributed by atoms with van der Waals surface area (Å²) in [6.45, 7) is 2.32. The van der Waals surface area contributed by atoms with E-state index in [2.05, 4.69) is 9.97 Å². The molecule has 3 rings (SSSR count). The van der Waals surface area contributed by atoms with Crippen LogP contribution < -0.4 is 4.74 Å². The molecule has 0 spiro atoms. The van der Waals surface area contributed by atoms with Crippen molar-refractivity contribution in [2.24, 2.45) is 5.92 Å². The van der Waals surface area contributed by atoms with E-state index in [1.165, 1.54) is 6.33 Å². The van der Waals surface area contributed by atoms with Gasteiger partial charge in [-0.25, -0.2) is 4.98 Å². The first kappa shape index (κ1) is 10.5. The van der Waals surface area contributed by atoms with Crippen molar-refractivity contribution in [3.8, 4) is 5.88 Å². The summed E-state index contributed by atoms with van der Waals surface area (Å²) in [7, 11) is 0. The van der Waals surface area contributed by atoms with Crippen LogP contribution in [0.4, 0.5) is 0 Å². The molecule has 0 aliphatic carbocycles. The van der Waals surface area contributed by atoms with Crippen molar-refractivity contribution in [3.63, 3.8) is 0 Å². The molecule has 5 nitrogen and oxygen atoms in total. The molecular weight excluding hydrogens is 220 g/mol. The van der Waals surface area contributed by atoms with E-state index < -0.39 is 0 Å². The fourth-order valence-corrected chi connectivity index (χ4v) is 1.98. The highest BCUT2D eigenvalue weighted by atomic mass is 16.5. The van der Waals surface area contributed by atoms with Crippen LogP contribution >= 0.6 is 0 Å². The second-order valence-electron chi connectivity index (χ2n) is 4.18. The van der Waals surface area contributed by atoms with Crippen molar-refractivity contribution in [1.29, 1.82) is 0 Å². The van der Waals surface area contributed by atoms with Crippen LogP contribution in [0, 0.1) is 5.92 Å². The van der Waals surface area contributed by atoms with Crippen LogP contribution in [-0.2, 0) is 4.74 Å². The molecule has 0 saturated carbocycles. The van der Waals surface area contributed by atoms with Crippen molar-refractivity contribution in [2.45, 2.75) is 12.8 Å². The van der Waals surface area contributed by atoms with Crippen molar-refractivity contribution in [3.05, 3.63) is 18.7 Å².